The van der Waals surface area contributed by atoms with Crippen molar-refractivity contribution in [1.29, 1.82) is 0 Å². The van der Waals surface area contributed by atoms with Gasteiger partial charge in [-0.1, -0.05) is 23.4 Å². The molecule has 0 fully saturated rings. The number of benzene rings is 2. The second-order valence-corrected chi connectivity index (χ2v) is 6.81. The van der Waals surface area contributed by atoms with Gasteiger partial charge in [0, 0.05) is 11.3 Å². The van der Waals surface area contributed by atoms with E-state index in [4.69, 9.17) is 0 Å². The standard InChI is InChI=1S/C15H8F5N3O3S/c16-10-5-2-6-11(12(10)17)27(24,25)23-9-4-1-3-8(7-9)13-21-14(26-22-13)15(18,19)20/h1-7,23H. The fourth-order valence-electron chi connectivity index (χ4n) is 2.08. The van der Waals surface area contributed by atoms with Crippen LogP contribution < -0.4 is 4.72 Å². The van der Waals surface area contributed by atoms with Crippen molar-refractivity contribution in [3.63, 3.8) is 0 Å². The third kappa shape index (κ3) is 3.89. The number of halogens is 5. The molecular formula is C15H8F5N3O3S. The summed E-state index contributed by atoms with van der Waals surface area (Å²) in [6, 6.07) is 7.61. The lowest BCUT2D eigenvalue weighted by Crippen LogP contribution is -2.15. The van der Waals surface area contributed by atoms with E-state index in [1.165, 1.54) is 18.2 Å². The maximum atomic E-state index is 13.7. The van der Waals surface area contributed by atoms with Gasteiger partial charge < -0.3 is 4.52 Å². The van der Waals surface area contributed by atoms with Gasteiger partial charge in [-0.2, -0.15) is 18.2 Å². The maximum absolute atomic E-state index is 13.7. The summed E-state index contributed by atoms with van der Waals surface area (Å²) < 4.78 is 95.1. The Morgan fingerprint density at radius 2 is 1.74 bits per heavy atom. The Balaban J connectivity index is 1.92. The van der Waals surface area contributed by atoms with E-state index in [9.17, 15) is 30.4 Å². The Kier molecular flexibility index (Phi) is 4.59. The lowest BCUT2D eigenvalue weighted by molar-refractivity contribution is -0.159. The lowest BCUT2D eigenvalue weighted by Gasteiger charge is -2.09. The molecule has 6 nitrogen and oxygen atoms in total. The van der Waals surface area contributed by atoms with E-state index in [1.54, 1.807) is 0 Å². The minimum Gasteiger partial charge on any atom is -0.329 e. The van der Waals surface area contributed by atoms with Crippen molar-refractivity contribution < 1.29 is 34.9 Å². The van der Waals surface area contributed by atoms with Crippen molar-refractivity contribution in [3.8, 4) is 11.4 Å². The smallest absolute Gasteiger partial charge is 0.329 e. The van der Waals surface area contributed by atoms with E-state index in [2.05, 4.69) is 14.7 Å². The fourth-order valence-corrected chi connectivity index (χ4v) is 3.22. The van der Waals surface area contributed by atoms with Crippen LogP contribution in [0.1, 0.15) is 5.89 Å². The molecule has 0 bridgehead atoms. The van der Waals surface area contributed by atoms with Crippen molar-refractivity contribution in [2.75, 3.05) is 4.72 Å². The fraction of sp³-hybridized carbons (Fsp3) is 0.0667. The molecule has 0 amide bonds. The summed E-state index contributed by atoms with van der Waals surface area (Å²) in [7, 11) is -4.49. The summed E-state index contributed by atoms with van der Waals surface area (Å²) in [5.41, 5.74) is -0.122. The third-order valence-corrected chi connectivity index (χ3v) is 4.65. The van der Waals surface area contributed by atoms with Crippen LogP contribution in [-0.4, -0.2) is 18.6 Å². The molecule has 0 unspecified atom stereocenters. The Labute approximate surface area is 148 Å². The summed E-state index contributed by atoms with van der Waals surface area (Å²) in [6.45, 7) is 0. The van der Waals surface area contributed by atoms with Crippen LogP contribution in [0.3, 0.4) is 0 Å². The quantitative estimate of drug-likeness (QED) is 0.667. The average molecular weight is 405 g/mol. The molecule has 0 radical (unpaired) electrons. The second kappa shape index (κ2) is 6.61. The zero-order chi connectivity index (χ0) is 19.8. The van der Waals surface area contributed by atoms with Crippen LogP contribution in [0.15, 0.2) is 51.9 Å². The highest BCUT2D eigenvalue weighted by Gasteiger charge is 2.38. The van der Waals surface area contributed by atoms with Crippen LogP contribution in [0.2, 0.25) is 0 Å². The van der Waals surface area contributed by atoms with Gasteiger partial charge in [-0.05, 0) is 24.3 Å². The zero-order valence-corrected chi connectivity index (χ0v) is 13.8. The van der Waals surface area contributed by atoms with E-state index in [0.29, 0.717) is 0 Å². The van der Waals surface area contributed by atoms with Crippen LogP contribution in [-0.2, 0) is 16.2 Å². The zero-order valence-electron chi connectivity index (χ0n) is 13.0. The number of hydrogen-bond donors (Lipinski definition) is 1. The molecule has 142 valence electrons. The van der Waals surface area contributed by atoms with Gasteiger partial charge in [-0.25, -0.2) is 17.2 Å². The summed E-state index contributed by atoms with van der Waals surface area (Å²) in [6.07, 6.45) is -4.83. The van der Waals surface area contributed by atoms with Gasteiger partial charge in [0.1, 0.15) is 4.90 Å². The highest BCUT2D eigenvalue weighted by molar-refractivity contribution is 7.92. The van der Waals surface area contributed by atoms with Crippen LogP contribution >= 0.6 is 0 Å². The largest absolute Gasteiger partial charge is 0.471 e. The Morgan fingerprint density at radius 1 is 1.04 bits per heavy atom. The lowest BCUT2D eigenvalue weighted by atomic mass is 10.2. The molecule has 2 aromatic carbocycles. The molecule has 0 aliphatic rings. The molecule has 3 rings (SSSR count). The average Bonchev–Trinajstić information content (AvgIpc) is 3.07. The Hall–Kier alpha value is -3.02. The number of aromatic nitrogens is 2. The molecule has 0 aliphatic heterocycles. The highest BCUT2D eigenvalue weighted by Crippen LogP contribution is 2.30. The number of alkyl halides is 3. The molecule has 0 spiro atoms. The van der Waals surface area contributed by atoms with Crippen LogP contribution in [0.25, 0.3) is 11.4 Å². The minimum atomic E-state index is -4.83. The molecule has 0 aliphatic carbocycles. The first-order valence-corrected chi connectivity index (χ1v) is 8.54. The number of sulfonamides is 1. The number of hydrogen-bond acceptors (Lipinski definition) is 5. The van der Waals surface area contributed by atoms with E-state index in [1.807, 2.05) is 4.72 Å². The molecule has 0 saturated carbocycles. The van der Waals surface area contributed by atoms with Crippen LogP contribution in [0.4, 0.5) is 27.6 Å². The molecule has 12 heteroatoms. The topological polar surface area (TPSA) is 85.1 Å². The van der Waals surface area contributed by atoms with Crippen molar-refractivity contribution >= 4 is 15.7 Å². The van der Waals surface area contributed by atoms with Crippen molar-refractivity contribution in [2.45, 2.75) is 11.1 Å². The molecule has 0 atom stereocenters. The predicted octanol–water partition coefficient (Wildman–Crippen LogP) is 3.83. The Morgan fingerprint density at radius 3 is 2.41 bits per heavy atom. The Bertz CT molecular complexity index is 1100. The second-order valence-electron chi connectivity index (χ2n) is 5.16. The van der Waals surface area contributed by atoms with Gasteiger partial charge in [0.25, 0.3) is 10.0 Å². The van der Waals surface area contributed by atoms with Gasteiger partial charge in [0.15, 0.2) is 11.6 Å². The molecule has 1 N–H and O–H groups in total. The maximum Gasteiger partial charge on any atom is 0.471 e. The summed E-state index contributed by atoms with van der Waals surface area (Å²) >= 11 is 0. The molecule has 27 heavy (non-hydrogen) atoms. The molecule has 1 aromatic heterocycles. The number of rotatable bonds is 4. The van der Waals surface area contributed by atoms with Gasteiger partial charge in [0.05, 0.1) is 0 Å². The van der Waals surface area contributed by atoms with Gasteiger partial charge in [0.2, 0.25) is 5.82 Å². The summed E-state index contributed by atoms with van der Waals surface area (Å²) in [5.74, 6) is -4.90. The molecule has 1 heterocycles. The summed E-state index contributed by atoms with van der Waals surface area (Å²) in [4.78, 5) is 2.26. The molecule has 0 saturated heterocycles. The molecular weight excluding hydrogens is 397 g/mol. The highest BCUT2D eigenvalue weighted by atomic mass is 32.2. The first-order valence-electron chi connectivity index (χ1n) is 7.06. The number of nitrogens with one attached hydrogen (secondary N) is 1. The van der Waals surface area contributed by atoms with E-state index in [0.717, 1.165) is 24.3 Å². The van der Waals surface area contributed by atoms with Gasteiger partial charge in [-0.15, -0.1) is 0 Å². The first kappa shape index (κ1) is 18.8. The van der Waals surface area contributed by atoms with Gasteiger partial charge in [-0.3, -0.25) is 4.72 Å². The predicted molar refractivity (Wildman–Crippen MR) is 81.9 cm³/mol. The number of anilines is 1. The molecule has 3 aromatic rings. The van der Waals surface area contributed by atoms with Crippen molar-refractivity contribution in [2.24, 2.45) is 0 Å². The monoisotopic (exact) mass is 405 g/mol. The third-order valence-electron chi connectivity index (χ3n) is 3.25. The first-order chi connectivity index (χ1) is 12.6. The van der Waals surface area contributed by atoms with E-state index >= 15 is 0 Å². The van der Waals surface area contributed by atoms with E-state index in [-0.39, 0.29) is 11.3 Å². The number of nitrogens with zero attached hydrogens (tertiary/aromatic N) is 2. The normalized spacial score (nSPS) is 12.2. The summed E-state index contributed by atoms with van der Waals surface area (Å²) in [5, 5.41) is 3.18. The van der Waals surface area contributed by atoms with Crippen molar-refractivity contribution in [3.05, 3.63) is 60.0 Å². The van der Waals surface area contributed by atoms with Crippen LogP contribution in [0, 0.1) is 11.6 Å². The van der Waals surface area contributed by atoms with Gasteiger partial charge >= 0.3 is 12.1 Å². The van der Waals surface area contributed by atoms with Crippen molar-refractivity contribution in [1.82, 2.24) is 10.1 Å². The van der Waals surface area contributed by atoms with E-state index < -0.39 is 44.4 Å². The SMILES string of the molecule is O=S(=O)(Nc1cccc(-c2noc(C(F)(F)F)n2)c1)c1cccc(F)c1F. The minimum absolute atomic E-state index is 0.00849. The van der Waals surface area contributed by atoms with Crippen LogP contribution in [0.5, 0.6) is 0 Å².